The molecule has 26 heavy (non-hydrogen) atoms. The number of aromatic nitrogens is 1. The number of pyridine rings is 1. The van der Waals surface area contributed by atoms with Gasteiger partial charge in [-0.25, -0.2) is 9.86 Å². The summed E-state index contributed by atoms with van der Waals surface area (Å²) in [6.07, 6.45) is 3.21. The van der Waals surface area contributed by atoms with Gasteiger partial charge in [0.1, 0.15) is 5.75 Å². The molecule has 3 rings (SSSR count). The van der Waals surface area contributed by atoms with Crippen LogP contribution >= 0.6 is 0 Å². The molecule has 0 saturated heterocycles. The molecule has 132 valence electrons. The molecule has 0 aliphatic heterocycles. The Labute approximate surface area is 151 Å². The molecular formula is C20H19N3O3. The fraction of sp³-hybridized carbons (Fsp3) is 0.100. The van der Waals surface area contributed by atoms with Crippen LogP contribution in [0.3, 0.4) is 0 Å². The van der Waals surface area contributed by atoms with Crippen molar-refractivity contribution in [3.8, 4) is 5.75 Å². The van der Waals surface area contributed by atoms with E-state index in [9.17, 15) is 10.0 Å². The maximum absolute atomic E-state index is 10.9. The van der Waals surface area contributed by atoms with Crippen LogP contribution in [0.25, 0.3) is 0 Å². The van der Waals surface area contributed by atoms with E-state index in [4.69, 9.17) is 10.5 Å². The third kappa shape index (κ3) is 4.37. The number of nitrogens with two attached hydrogens (primary N) is 1. The van der Waals surface area contributed by atoms with Crippen molar-refractivity contribution in [2.75, 3.05) is 0 Å². The van der Waals surface area contributed by atoms with Crippen LogP contribution in [0.15, 0.2) is 79.1 Å². The highest BCUT2D eigenvalue weighted by Gasteiger charge is 2.16. The van der Waals surface area contributed by atoms with E-state index < -0.39 is 6.03 Å². The largest absolute Gasteiger partial charge is 0.481 e. The monoisotopic (exact) mass is 349 g/mol. The summed E-state index contributed by atoms with van der Waals surface area (Å²) in [5, 5.41) is 9.87. The number of hydrogen-bond donors (Lipinski definition) is 2. The predicted molar refractivity (Wildman–Crippen MR) is 96.5 cm³/mol. The molecule has 3 aromatic rings. The van der Waals surface area contributed by atoms with Gasteiger partial charge in [0.05, 0.1) is 6.54 Å². The lowest BCUT2D eigenvalue weighted by Gasteiger charge is -2.20. The zero-order valence-electron chi connectivity index (χ0n) is 14.0. The topological polar surface area (TPSA) is 88.7 Å². The van der Waals surface area contributed by atoms with Crippen LogP contribution in [0.2, 0.25) is 0 Å². The molecule has 0 radical (unpaired) electrons. The van der Waals surface area contributed by atoms with Crippen molar-refractivity contribution < 1.29 is 14.7 Å². The van der Waals surface area contributed by atoms with Gasteiger partial charge in [0.15, 0.2) is 6.10 Å². The molecule has 0 saturated carbocycles. The Morgan fingerprint density at radius 3 is 2.35 bits per heavy atom. The smallest absolute Gasteiger partial charge is 0.338 e. The highest BCUT2D eigenvalue weighted by molar-refractivity contribution is 5.70. The second kappa shape index (κ2) is 8.13. The van der Waals surface area contributed by atoms with Gasteiger partial charge in [0.25, 0.3) is 0 Å². The van der Waals surface area contributed by atoms with Crippen molar-refractivity contribution in [3.63, 3.8) is 0 Å². The van der Waals surface area contributed by atoms with E-state index in [2.05, 4.69) is 4.98 Å². The molecule has 0 fully saturated rings. The number of amides is 2. The summed E-state index contributed by atoms with van der Waals surface area (Å²) in [5.41, 5.74) is 7.70. The standard InChI is InChI=1S/C20H19N3O3/c21-20(24)23(25)14-15-8-10-18(11-9-15)26-19(16-5-2-1-3-6-16)17-7-4-12-22-13-17/h1-13,19,25H,14H2,(H2,21,24). The van der Waals surface area contributed by atoms with Gasteiger partial charge in [-0.15, -0.1) is 0 Å². The van der Waals surface area contributed by atoms with Gasteiger partial charge in [-0.2, -0.15) is 0 Å². The molecule has 1 unspecified atom stereocenters. The Bertz CT molecular complexity index is 800. The summed E-state index contributed by atoms with van der Waals surface area (Å²) in [4.78, 5) is 15.1. The summed E-state index contributed by atoms with van der Waals surface area (Å²) < 4.78 is 6.19. The Hall–Kier alpha value is -3.38. The molecule has 0 aliphatic carbocycles. The van der Waals surface area contributed by atoms with Crippen molar-refractivity contribution in [3.05, 3.63) is 95.8 Å². The molecule has 2 aromatic carbocycles. The third-order valence-electron chi connectivity index (χ3n) is 3.85. The molecule has 0 aliphatic rings. The summed E-state index contributed by atoms with van der Waals surface area (Å²) in [5.74, 6) is 0.662. The highest BCUT2D eigenvalue weighted by atomic mass is 16.5. The maximum Gasteiger partial charge on any atom is 0.338 e. The average molecular weight is 349 g/mol. The predicted octanol–water partition coefficient (Wildman–Crippen LogP) is 3.52. The number of primary amides is 1. The quantitative estimate of drug-likeness (QED) is 0.526. The van der Waals surface area contributed by atoms with Gasteiger partial charge in [-0.3, -0.25) is 10.2 Å². The van der Waals surface area contributed by atoms with Gasteiger partial charge < -0.3 is 10.5 Å². The minimum atomic E-state index is -0.897. The van der Waals surface area contributed by atoms with Gasteiger partial charge in [0.2, 0.25) is 0 Å². The van der Waals surface area contributed by atoms with Crippen molar-refractivity contribution in [2.24, 2.45) is 5.73 Å². The van der Waals surface area contributed by atoms with E-state index in [1.54, 1.807) is 36.7 Å². The highest BCUT2D eigenvalue weighted by Crippen LogP contribution is 2.28. The summed E-state index contributed by atoms with van der Waals surface area (Å²) in [6, 6.07) is 19.9. The molecule has 1 aromatic heterocycles. The van der Waals surface area contributed by atoms with Gasteiger partial charge in [-0.1, -0.05) is 48.5 Å². The number of rotatable bonds is 6. The number of hydroxylamine groups is 2. The minimum absolute atomic E-state index is 0.0142. The lowest BCUT2D eigenvalue weighted by atomic mass is 10.0. The van der Waals surface area contributed by atoms with Crippen LogP contribution in [0.5, 0.6) is 5.75 Å². The lowest BCUT2D eigenvalue weighted by Crippen LogP contribution is -2.31. The normalized spacial score (nSPS) is 11.6. The molecule has 2 amide bonds. The number of carbonyl (C=O) groups is 1. The Morgan fingerprint density at radius 2 is 1.73 bits per heavy atom. The first kappa shape index (κ1) is 17.4. The summed E-state index contributed by atoms with van der Waals surface area (Å²) >= 11 is 0. The van der Waals surface area contributed by atoms with Crippen LogP contribution in [0.1, 0.15) is 22.8 Å². The second-order valence-electron chi connectivity index (χ2n) is 5.73. The fourth-order valence-corrected chi connectivity index (χ4v) is 2.55. The van der Waals surface area contributed by atoms with Crippen molar-refractivity contribution in [1.29, 1.82) is 0 Å². The zero-order valence-corrected chi connectivity index (χ0v) is 14.0. The maximum atomic E-state index is 10.9. The molecule has 6 heteroatoms. The van der Waals surface area contributed by atoms with Crippen molar-refractivity contribution in [1.82, 2.24) is 10.0 Å². The van der Waals surface area contributed by atoms with Gasteiger partial charge >= 0.3 is 6.03 Å². The molecule has 0 bridgehead atoms. The first-order valence-electron chi connectivity index (χ1n) is 8.10. The van der Waals surface area contributed by atoms with Crippen molar-refractivity contribution >= 4 is 6.03 Å². The van der Waals surface area contributed by atoms with Crippen LogP contribution < -0.4 is 10.5 Å². The first-order chi connectivity index (χ1) is 12.6. The molecule has 0 spiro atoms. The number of ether oxygens (including phenoxy) is 1. The second-order valence-corrected chi connectivity index (χ2v) is 5.73. The van der Waals surface area contributed by atoms with Crippen LogP contribution in [0, 0.1) is 0 Å². The zero-order chi connectivity index (χ0) is 18.4. The number of urea groups is 1. The number of benzene rings is 2. The molecular weight excluding hydrogens is 330 g/mol. The van der Waals surface area contributed by atoms with Crippen LogP contribution in [-0.2, 0) is 6.54 Å². The summed E-state index contributed by atoms with van der Waals surface area (Å²) in [6.45, 7) is 0.0142. The Balaban J connectivity index is 1.80. The molecule has 3 N–H and O–H groups in total. The van der Waals surface area contributed by atoms with E-state index in [-0.39, 0.29) is 12.6 Å². The molecule has 6 nitrogen and oxygen atoms in total. The van der Waals surface area contributed by atoms with Crippen molar-refractivity contribution in [2.45, 2.75) is 12.6 Å². The van der Waals surface area contributed by atoms with E-state index in [0.717, 1.165) is 16.7 Å². The fourth-order valence-electron chi connectivity index (χ4n) is 2.55. The van der Waals surface area contributed by atoms with Crippen LogP contribution in [0.4, 0.5) is 4.79 Å². The minimum Gasteiger partial charge on any atom is -0.481 e. The molecule has 1 heterocycles. The lowest BCUT2D eigenvalue weighted by molar-refractivity contribution is -0.0470. The van der Waals surface area contributed by atoms with Gasteiger partial charge in [0, 0.05) is 18.0 Å². The van der Waals surface area contributed by atoms with E-state index in [0.29, 0.717) is 10.8 Å². The average Bonchev–Trinajstić information content (AvgIpc) is 2.68. The first-order valence-corrected chi connectivity index (χ1v) is 8.10. The SMILES string of the molecule is NC(=O)N(O)Cc1ccc(OC(c2ccccc2)c2cccnc2)cc1. The number of carbonyl (C=O) groups excluding carboxylic acids is 1. The molecule has 1 atom stereocenters. The van der Waals surface area contributed by atoms with E-state index >= 15 is 0 Å². The third-order valence-corrected chi connectivity index (χ3v) is 3.85. The van der Waals surface area contributed by atoms with E-state index in [1.807, 2.05) is 42.5 Å². The van der Waals surface area contributed by atoms with Gasteiger partial charge in [-0.05, 0) is 29.3 Å². The van der Waals surface area contributed by atoms with E-state index in [1.165, 1.54) is 0 Å². The Morgan fingerprint density at radius 1 is 1.04 bits per heavy atom. The number of hydrogen-bond acceptors (Lipinski definition) is 4. The summed E-state index contributed by atoms with van der Waals surface area (Å²) in [7, 11) is 0. The van der Waals surface area contributed by atoms with Crippen LogP contribution in [-0.4, -0.2) is 21.3 Å². The number of nitrogens with zero attached hydrogens (tertiary/aromatic N) is 2. The Kier molecular flexibility index (Phi) is 5.46.